The number of ether oxygens (including phenoxy) is 1. The van der Waals surface area contributed by atoms with Crippen LogP contribution in [0.2, 0.25) is 0 Å². The summed E-state index contributed by atoms with van der Waals surface area (Å²) in [4.78, 5) is 0. The SMILES string of the molecule is [CH2]CCC(C)OC(C)CCC. The zero-order valence-corrected chi connectivity index (χ0v) is 8.10. The molecule has 0 fully saturated rings. The lowest BCUT2D eigenvalue weighted by Crippen LogP contribution is -2.16. The van der Waals surface area contributed by atoms with E-state index in [-0.39, 0.29) is 0 Å². The van der Waals surface area contributed by atoms with Gasteiger partial charge in [-0.15, -0.1) is 0 Å². The minimum Gasteiger partial charge on any atom is -0.376 e. The maximum Gasteiger partial charge on any atom is 0.0550 e. The van der Waals surface area contributed by atoms with Crippen molar-refractivity contribution < 1.29 is 4.74 Å². The molecule has 0 aromatic rings. The van der Waals surface area contributed by atoms with Crippen LogP contribution >= 0.6 is 0 Å². The molecule has 0 heterocycles. The Kier molecular flexibility index (Phi) is 6.63. The third-order valence-corrected chi connectivity index (χ3v) is 1.77. The molecule has 2 atom stereocenters. The van der Waals surface area contributed by atoms with E-state index in [1.807, 2.05) is 0 Å². The Morgan fingerprint density at radius 1 is 1.18 bits per heavy atom. The maximum absolute atomic E-state index is 5.69. The highest BCUT2D eigenvalue weighted by molar-refractivity contribution is 4.56. The van der Waals surface area contributed by atoms with E-state index in [0.29, 0.717) is 12.2 Å². The van der Waals surface area contributed by atoms with Crippen LogP contribution in [0, 0.1) is 6.92 Å². The molecule has 0 spiro atoms. The molecule has 0 aromatic carbocycles. The van der Waals surface area contributed by atoms with Crippen molar-refractivity contribution >= 4 is 0 Å². The van der Waals surface area contributed by atoms with Gasteiger partial charge in [-0.25, -0.2) is 0 Å². The van der Waals surface area contributed by atoms with Gasteiger partial charge in [-0.1, -0.05) is 26.7 Å². The highest BCUT2D eigenvalue weighted by Crippen LogP contribution is 2.08. The Hall–Kier alpha value is -0.0400. The summed E-state index contributed by atoms with van der Waals surface area (Å²) in [5.41, 5.74) is 0. The molecule has 0 aromatic heterocycles. The van der Waals surface area contributed by atoms with Crippen LogP contribution in [0.25, 0.3) is 0 Å². The monoisotopic (exact) mass is 157 g/mol. The summed E-state index contributed by atoms with van der Waals surface area (Å²) >= 11 is 0. The highest BCUT2D eigenvalue weighted by atomic mass is 16.5. The highest BCUT2D eigenvalue weighted by Gasteiger charge is 2.05. The minimum absolute atomic E-state index is 0.383. The van der Waals surface area contributed by atoms with Crippen LogP contribution in [0.5, 0.6) is 0 Å². The van der Waals surface area contributed by atoms with Gasteiger partial charge in [-0.2, -0.15) is 0 Å². The van der Waals surface area contributed by atoms with Crippen LogP contribution in [0.15, 0.2) is 0 Å². The van der Waals surface area contributed by atoms with Crippen LogP contribution in [-0.4, -0.2) is 12.2 Å². The fourth-order valence-corrected chi connectivity index (χ4v) is 1.23. The van der Waals surface area contributed by atoms with Gasteiger partial charge in [0.25, 0.3) is 0 Å². The van der Waals surface area contributed by atoms with Gasteiger partial charge in [0.1, 0.15) is 0 Å². The summed E-state index contributed by atoms with van der Waals surface area (Å²) in [5, 5.41) is 0. The van der Waals surface area contributed by atoms with E-state index in [4.69, 9.17) is 4.74 Å². The van der Waals surface area contributed by atoms with Crippen molar-refractivity contribution in [1.29, 1.82) is 0 Å². The van der Waals surface area contributed by atoms with Gasteiger partial charge < -0.3 is 4.74 Å². The summed E-state index contributed by atoms with van der Waals surface area (Å²) in [6.07, 6.45) is 5.23. The average Bonchev–Trinajstić information content (AvgIpc) is 1.87. The topological polar surface area (TPSA) is 9.23 Å². The molecule has 0 amide bonds. The third kappa shape index (κ3) is 6.36. The minimum atomic E-state index is 0.383. The second-order valence-electron chi connectivity index (χ2n) is 3.19. The van der Waals surface area contributed by atoms with Crippen LogP contribution in [-0.2, 0) is 4.74 Å². The van der Waals surface area contributed by atoms with Crippen molar-refractivity contribution in [1.82, 2.24) is 0 Å². The van der Waals surface area contributed by atoms with Crippen LogP contribution in [0.1, 0.15) is 46.5 Å². The summed E-state index contributed by atoms with van der Waals surface area (Å²) in [5.74, 6) is 0. The van der Waals surface area contributed by atoms with E-state index in [0.717, 1.165) is 12.8 Å². The lowest BCUT2D eigenvalue weighted by atomic mass is 10.2. The van der Waals surface area contributed by atoms with Gasteiger partial charge in [0, 0.05) is 0 Å². The molecule has 0 saturated heterocycles. The number of hydrogen-bond acceptors (Lipinski definition) is 1. The first-order chi connectivity index (χ1) is 5.20. The zero-order chi connectivity index (χ0) is 8.69. The van der Waals surface area contributed by atoms with E-state index >= 15 is 0 Å². The van der Waals surface area contributed by atoms with Gasteiger partial charge in [-0.3, -0.25) is 0 Å². The molecule has 1 heteroatoms. The number of hydrogen-bond donors (Lipinski definition) is 0. The average molecular weight is 157 g/mol. The van der Waals surface area contributed by atoms with Gasteiger partial charge in [0.05, 0.1) is 12.2 Å². The lowest BCUT2D eigenvalue weighted by Gasteiger charge is -2.17. The van der Waals surface area contributed by atoms with Crippen LogP contribution < -0.4 is 0 Å². The first kappa shape index (κ1) is 11.0. The summed E-state index contributed by atoms with van der Waals surface area (Å²) in [6, 6.07) is 0. The second-order valence-corrected chi connectivity index (χ2v) is 3.19. The molecule has 0 aliphatic carbocycles. The molecule has 67 valence electrons. The van der Waals surface area contributed by atoms with E-state index in [1.54, 1.807) is 0 Å². The Morgan fingerprint density at radius 2 is 1.73 bits per heavy atom. The molecule has 2 unspecified atom stereocenters. The predicted octanol–water partition coefficient (Wildman–Crippen LogP) is 3.19. The first-order valence-electron chi connectivity index (χ1n) is 4.65. The Bertz CT molecular complexity index is 70.9. The summed E-state index contributed by atoms with van der Waals surface area (Å²) in [6.45, 7) is 10.2. The van der Waals surface area contributed by atoms with Crippen molar-refractivity contribution in [3.05, 3.63) is 6.92 Å². The van der Waals surface area contributed by atoms with Gasteiger partial charge in [-0.05, 0) is 26.7 Å². The fraction of sp³-hybridized carbons (Fsp3) is 0.900. The van der Waals surface area contributed by atoms with E-state index in [1.165, 1.54) is 12.8 Å². The molecule has 0 N–H and O–H groups in total. The maximum atomic E-state index is 5.69. The molecule has 1 nitrogen and oxygen atoms in total. The smallest absolute Gasteiger partial charge is 0.0550 e. The van der Waals surface area contributed by atoms with E-state index in [9.17, 15) is 0 Å². The Labute approximate surface area is 71.1 Å². The zero-order valence-electron chi connectivity index (χ0n) is 8.10. The van der Waals surface area contributed by atoms with Crippen LogP contribution in [0.3, 0.4) is 0 Å². The van der Waals surface area contributed by atoms with E-state index < -0.39 is 0 Å². The van der Waals surface area contributed by atoms with Gasteiger partial charge >= 0.3 is 0 Å². The lowest BCUT2D eigenvalue weighted by molar-refractivity contribution is 0.000251. The fourth-order valence-electron chi connectivity index (χ4n) is 1.23. The summed E-state index contributed by atoms with van der Waals surface area (Å²) in [7, 11) is 0. The molecule has 1 radical (unpaired) electrons. The van der Waals surface area contributed by atoms with Crippen molar-refractivity contribution in [2.75, 3.05) is 0 Å². The Morgan fingerprint density at radius 3 is 2.18 bits per heavy atom. The third-order valence-electron chi connectivity index (χ3n) is 1.77. The molecule has 0 saturated carbocycles. The molecule has 0 rings (SSSR count). The molecular weight excluding hydrogens is 136 g/mol. The quantitative estimate of drug-likeness (QED) is 0.575. The molecule has 0 aliphatic heterocycles. The second kappa shape index (κ2) is 6.66. The van der Waals surface area contributed by atoms with Gasteiger partial charge in [0.15, 0.2) is 0 Å². The van der Waals surface area contributed by atoms with Crippen molar-refractivity contribution in [3.63, 3.8) is 0 Å². The number of rotatable bonds is 6. The summed E-state index contributed by atoms with van der Waals surface area (Å²) < 4.78 is 5.69. The standard InChI is InChI=1S/C10H21O/c1-5-7-9(3)11-10(4)8-6-2/h9-10H,1,5-8H2,2-4H3. The molecule has 11 heavy (non-hydrogen) atoms. The van der Waals surface area contributed by atoms with E-state index in [2.05, 4.69) is 27.7 Å². The Balaban J connectivity index is 3.32. The van der Waals surface area contributed by atoms with Crippen molar-refractivity contribution in [2.24, 2.45) is 0 Å². The first-order valence-corrected chi connectivity index (χ1v) is 4.65. The normalized spacial score (nSPS) is 16.4. The van der Waals surface area contributed by atoms with Crippen molar-refractivity contribution in [3.8, 4) is 0 Å². The predicted molar refractivity (Wildman–Crippen MR) is 49.5 cm³/mol. The molecular formula is C10H21O. The van der Waals surface area contributed by atoms with Crippen molar-refractivity contribution in [2.45, 2.75) is 58.7 Å². The molecule has 0 bridgehead atoms. The van der Waals surface area contributed by atoms with Gasteiger partial charge in [0.2, 0.25) is 0 Å². The largest absolute Gasteiger partial charge is 0.376 e. The molecule has 0 aliphatic rings. The van der Waals surface area contributed by atoms with Crippen LogP contribution in [0.4, 0.5) is 0 Å².